The molecule has 0 saturated heterocycles. The zero-order chi connectivity index (χ0) is 45.3. The maximum Gasteiger partial charge on any atom is 0.125 e. The minimum Gasteiger partial charge on any atom is -0.493 e. The van der Waals surface area contributed by atoms with Crippen molar-refractivity contribution in [2.75, 3.05) is 6.61 Å². The second-order valence-corrected chi connectivity index (χ2v) is 19.2. The maximum absolute atomic E-state index is 7.03. The highest BCUT2D eigenvalue weighted by molar-refractivity contribution is 5.75. The summed E-state index contributed by atoms with van der Waals surface area (Å²) >= 11 is 0. The maximum atomic E-state index is 7.03. The molecular weight excluding hydrogens is 749 g/mol. The zero-order valence-corrected chi connectivity index (χ0v) is 41.6. The molecule has 62 heavy (non-hydrogen) atoms. The Hall–Kier alpha value is -3.58. The predicted molar refractivity (Wildman–Crippen MR) is 278 cm³/mol. The lowest BCUT2D eigenvalue weighted by molar-refractivity contribution is 0.162. The van der Waals surface area contributed by atoms with Gasteiger partial charge in [-0.05, 0) is 171 Å². The van der Waals surface area contributed by atoms with Crippen molar-refractivity contribution < 1.29 is 4.74 Å². The lowest BCUT2D eigenvalue weighted by Crippen LogP contribution is -2.22. The highest BCUT2D eigenvalue weighted by atomic mass is 16.5. The first-order valence-electron chi connectivity index (χ1n) is 25.6. The molecule has 342 valence electrons. The first kappa shape index (κ1) is 52.8. The number of hydrogen-bond donors (Lipinski definition) is 0. The molecule has 0 radical (unpaired) electrons. The van der Waals surface area contributed by atoms with Gasteiger partial charge in [0.15, 0.2) is 0 Å². The van der Waals surface area contributed by atoms with Gasteiger partial charge in [0.05, 0.1) is 6.61 Å². The summed E-state index contributed by atoms with van der Waals surface area (Å²) in [6, 6.07) is 21.9. The fourth-order valence-electron chi connectivity index (χ4n) is 9.67. The highest BCUT2D eigenvalue weighted by Gasteiger charge is 2.26. The Balaban J connectivity index is 0.00000193. The van der Waals surface area contributed by atoms with Gasteiger partial charge in [-0.2, -0.15) is 0 Å². The summed E-state index contributed by atoms with van der Waals surface area (Å²) in [5, 5.41) is 0. The van der Waals surface area contributed by atoms with E-state index in [2.05, 4.69) is 129 Å². The number of unbranched alkanes of at least 4 members (excludes halogenated alkanes) is 6. The van der Waals surface area contributed by atoms with Crippen LogP contribution in [0.5, 0.6) is 5.75 Å². The number of rotatable bonds is 28. The van der Waals surface area contributed by atoms with Crippen LogP contribution in [0.1, 0.15) is 212 Å². The van der Waals surface area contributed by atoms with Crippen molar-refractivity contribution in [1.82, 2.24) is 0 Å². The third kappa shape index (κ3) is 17.2. The van der Waals surface area contributed by atoms with E-state index in [9.17, 15) is 0 Å². The average Bonchev–Trinajstić information content (AvgIpc) is 3.29. The molecule has 0 aliphatic heterocycles. The smallest absolute Gasteiger partial charge is 0.125 e. The van der Waals surface area contributed by atoms with Gasteiger partial charge in [-0.25, -0.2) is 0 Å². The van der Waals surface area contributed by atoms with E-state index in [0.29, 0.717) is 5.41 Å². The Morgan fingerprint density at radius 1 is 0.645 bits per heavy atom. The molecule has 1 nitrogen and oxygen atoms in total. The van der Waals surface area contributed by atoms with Gasteiger partial charge in [0.1, 0.15) is 5.75 Å². The van der Waals surface area contributed by atoms with Crippen LogP contribution in [0.25, 0.3) is 22.3 Å². The van der Waals surface area contributed by atoms with Gasteiger partial charge in [0.2, 0.25) is 0 Å². The van der Waals surface area contributed by atoms with Crippen LogP contribution in [0.3, 0.4) is 0 Å². The molecule has 0 aromatic heterocycles. The van der Waals surface area contributed by atoms with Crippen molar-refractivity contribution in [3.05, 3.63) is 126 Å². The number of hydrogen-bond acceptors (Lipinski definition) is 1. The van der Waals surface area contributed by atoms with Gasteiger partial charge in [-0.3, -0.25) is 0 Å². The molecule has 1 aliphatic carbocycles. The highest BCUT2D eigenvalue weighted by Crippen LogP contribution is 2.41. The third-order valence-electron chi connectivity index (χ3n) is 14.4. The van der Waals surface area contributed by atoms with Crippen LogP contribution in [0.2, 0.25) is 0 Å². The van der Waals surface area contributed by atoms with Crippen molar-refractivity contribution in [2.24, 2.45) is 11.3 Å². The van der Waals surface area contributed by atoms with Crippen LogP contribution < -0.4 is 4.74 Å². The average molecular weight is 841 g/mol. The topological polar surface area (TPSA) is 9.23 Å². The van der Waals surface area contributed by atoms with Crippen LogP contribution in [-0.4, -0.2) is 6.61 Å². The van der Waals surface area contributed by atoms with E-state index in [1.165, 1.54) is 153 Å². The van der Waals surface area contributed by atoms with Crippen LogP contribution in [0, 0.1) is 11.3 Å². The third-order valence-corrected chi connectivity index (χ3v) is 14.4. The van der Waals surface area contributed by atoms with Crippen LogP contribution >= 0.6 is 0 Å². The first-order chi connectivity index (χ1) is 30.0. The van der Waals surface area contributed by atoms with E-state index < -0.39 is 0 Å². The van der Waals surface area contributed by atoms with Crippen molar-refractivity contribution in [1.29, 1.82) is 0 Å². The molecule has 1 heteroatoms. The largest absolute Gasteiger partial charge is 0.493 e. The van der Waals surface area contributed by atoms with Gasteiger partial charge in [0, 0.05) is 0 Å². The standard InChI is InChI=1S/C56H84O.C5H8/c1-10-16-19-24-45-27-29-47(30-28-45)48-31-33-49(34-32-48)50-35-36-54(46(13-4)40-50)53-41-51(25-20-17-11-2)55(52(42-53)26-22-21-23-44(9)43(7)8)57-39-38-56(14-5,15-6)37-18-12-3;1-4-5(2)3/h31-36,40-42,45,47H,7,9-30,37-39H2,1-6,8H3;4H,1-2H2,3H3. The van der Waals surface area contributed by atoms with Crippen LogP contribution in [0.4, 0.5) is 0 Å². The zero-order valence-electron chi connectivity index (χ0n) is 41.6. The number of benzene rings is 3. The normalized spacial score (nSPS) is 15.1. The van der Waals surface area contributed by atoms with Crippen molar-refractivity contribution in [3.8, 4) is 28.0 Å². The molecule has 0 atom stereocenters. The Bertz CT molecular complexity index is 1770. The summed E-state index contributed by atoms with van der Waals surface area (Å²) in [5.74, 6) is 2.87. The van der Waals surface area contributed by atoms with Gasteiger partial charge >= 0.3 is 0 Å². The Kier molecular flexibility index (Phi) is 24.7. The lowest BCUT2D eigenvalue weighted by Gasteiger charge is -2.32. The molecule has 0 amide bonds. The Morgan fingerprint density at radius 3 is 1.76 bits per heavy atom. The van der Waals surface area contributed by atoms with Crippen LogP contribution in [0.15, 0.2) is 104 Å². The second kappa shape index (κ2) is 29.0. The summed E-state index contributed by atoms with van der Waals surface area (Å²) in [7, 11) is 0. The molecule has 0 spiro atoms. The molecule has 0 heterocycles. The molecule has 0 bridgehead atoms. The van der Waals surface area contributed by atoms with Gasteiger partial charge in [-0.1, -0.05) is 197 Å². The summed E-state index contributed by atoms with van der Waals surface area (Å²) in [6.07, 6.45) is 30.4. The monoisotopic (exact) mass is 841 g/mol. The summed E-state index contributed by atoms with van der Waals surface area (Å²) < 4.78 is 7.03. The SMILES string of the molecule is C=C(C)C(=C)CCCCc1cc(-c2ccc(-c3ccc(C4CCC(CCCCC)CC4)cc3)cc2CC)cc(CCCCC)c1OCCC(CC)(CC)CCCC.C=CC(=C)C. The minimum absolute atomic E-state index is 0.382. The molecule has 0 unspecified atom stereocenters. The first-order valence-corrected chi connectivity index (χ1v) is 25.6. The molecule has 4 rings (SSSR count). The molecule has 1 aliphatic rings. The van der Waals surface area contributed by atoms with Crippen molar-refractivity contribution in [3.63, 3.8) is 0 Å². The van der Waals surface area contributed by atoms with Gasteiger partial charge < -0.3 is 4.74 Å². The van der Waals surface area contributed by atoms with E-state index in [1.807, 2.05) is 6.92 Å². The summed E-state index contributed by atoms with van der Waals surface area (Å²) in [6.45, 7) is 34.3. The molecule has 0 N–H and O–H groups in total. The fraction of sp³-hybridized carbons (Fsp3) is 0.574. The van der Waals surface area contributed by atoms with Crippen molar-refractivity contribution >= 4 is 0 Å². The van der Waals surface area contributed by atoms with Gasteiger partial charge in [0.25, 0.3) is 0 Å². The van der Waals surface area contributed by atoms with Crippen molar-refractivity contribution in [2.45, 2.75) is 209 Å². The fourth-order valence-corrected chi connectivity index (χ4v) is 9.67. The minimum atomic E-state index is 0.382. The predicted octanol–water partition coefficient (Wildman–Crippen LogP) is 19.5. The Labute approximate surface area is 384 Å². The Morgan fingerprint density at radius 2 is 1.21 bits per heavy atom. The van der Waals surface area contributed by atoms with Crippen LogP contribution in [-0.2, 0) is 19.3 Å². The van der Waals surface area contributed by atoms with E-state index >= 15 is 0 Å². The van der Waals surface area contributed by atoms with E-state index in [4.69, 9.17) is 4.74 Å². The van der Waals surface area contributed by atoms with E-state index in [0.717, 1.165) is 74.5 Å². The van der Waals surface area contributed by atoms with E-state index in [1.54, 1.807) is 11.6 Å². The molecule has 3 aromatic carbocycles. The number of ether oxygens (including phenoxy) is 1. The molecule has 1 fully saturated rings. The van der Waals surface area contributed by atoms with Gasteiger partial charge in [-0.15, -0.1) is 0 Å². The molecule has 1 saturated carbocycles. The summed E-state index contributed by atoms with van der Waals surface area (Å²) in [4.78, 5) is 0. The molecule has 3 aromatic rings. The quantitative estimate of drug-likeness (QED) is 0.0523. The second-order valence-electron chi connectivity index (χ2n) is 19.2. The molecular formula is C61H92O. The summed E-state index contributed by atoms with van der Waals surface area (Å²) in [5.41, 5.74) is 14.9. The lowest BCUT2D eigenvalue weighted by atomic mass is 9.75. The van der Waals surface area contributed by atoms with E-state index in [-0.39, 0.29) is 0 Å². The number of allylic oxidation sites excluding steroid dienone is 4. The number of aryl methyl sites for hydroxylation is 3.